The van der Waals surface area contributed by atoms with Crippen molar-refractivity contribution in [3.63, 3.8) is 0 Å². The lowest BCUT2D eigenvalue weighted by Gasteiger charge is -2.36. The Bertz CT molecular complexity index is 723. The van der Waals surface area contributed by atoms with Gasteiger partial charge in [0.25, 0.3) is 0 Å². The first-order chi connectivity index (χ1) is 12.6. The lowest BCUT2D eigenvalue weighted by atomic mass is 9.81. The molecule has 1 aromatic carbocycles. The standard InChI is InChI=1S/C20H24N2O4/c1-26-20(25)17-10-13-6-2-3-7-14(13)11-21(17)12-22-18(23)15-8-4-5-9-16(15)19(22)24/h2-3,6-7,15-17H,4-5,8-12H2,1H3/t15-,16+,17-/m1/s1. The first-order valence-electron chi connectivity index (χ1n) is 9.34. The molecule has 0 unspecified atom stereocenters. The van der Waals surface area contributed by atoms with E-state index in [1.54, 1.807) is 0 Å². The Kier molecular flexibility index (Phi) is 4.53. The second-order valence-electron chi connectivity index (χ2n) is 7.50. The highest BCUT2D eigenvalue weighted by molar-refractivity contribution is 6.05. The summed E-state index contributed by atoms with van der Waals surface area (Å²) in [6.07, 6.45) is 4.15. The number of carbonyl (C=O) groups is 3. The number of fused-ring (bicyclic) bond motifs is 2. The van der Waals surface area contributed by atoms with E-state index in [0.29, 0.717) is 13.0 Å². The zero-order chi connectivity index (χ0) is 18.3. The summed E-state index contributed by atoms with van der Waals surface area (Å²) >= 11 is 0. The van der Waals surface area contributed by atoms with Crippen LogP contribution in [0.5, 0.6) is 0 Å². The van der Waals surface area contributed by atoms with Crippen LogP contribution >= 0.6 is 0 Å². The van der Waals surface area contributed by atoms with E-state index >= 15 is 0 Å². The van der Waals surface area contributed by atoms with E-state index in [1.165, 1.54) is 12.0 Å². The minimum Gasteiger partial charge on any atom is -0.468 e. The van der Waals surface area contributed by atoms with Crippen LogP contribution in [0.1, 0.15) is 36.8 Å². The van der Waals surface area contributed by atoms with E-state index < -0.39 is 6.04 Å². The molecule has 1 saturated heterocycles. The summed E-state index contributed by atoms with van der Waals surface area (Å²) in [6.45, 7) is 0.696. The molecule has 4 rings (SSSR count). The summed E-state index contributed by atoms with van der Waals surface area (Å²) in [6, 6.07) is 7.50. The first-order valence-corrected chi connectivity index (χ1v) is 9.34. The fraction of sp³-hybridized carbons (Fsp3) is 0.550. The molecule has 2 fully saturated rings. The smallest absolute Gasteiger partial charge is 0.323 e. The van der Waals surface area contributed by atoms with E-state index in [2.05, 4.69) is 0 Å². The Morgan fingerprint density at radius 2 is 1.69 bits per heavy atom. The van der Waals surface area contributed by atoms with Gasteiger partial charge in [0.2, 0.25) is 11.8 Å². The number of imide groups is 1. The molecule has 0 bridgehead atoms. The van der Waals surface area contributed by atoms with Gasteiger partial charge >= 0.3 is 5.97 Å². The molecule has 0 radical (unpaired) electrons. The van der Waals surface area contributed by atoms with Crippen LogP contribution in [0.4, 0.5) is 0 Å². The van der Waals surface area contributed by atoms with Crippen molar-refractivity contribution in [2.24, 2.45) is 11.8 Å². The molecule has 6 heteroatoms. The summed E-state index contributed by atoms with van der Waals surface area (Å²) in [5.74, 6) is -0.782. The van der Waals surface area contributed by atoms with Gasteiger partial charge < -0.3 is 4.74 Å². The predicted octanol–water partition coefficient (Wildman–Crippen LogP) is 1.72. The van der Waals surface area contributed by atoms with E-state index in [-0.39, 0.29) is 36.3 Å². The third-order valence-electron chi connectivity index (χ3n) is 6.07. The highest BCUT2D eigenvalue weighted by Gasteiger charge is 2.49. The second kappa shape index (κ2) is 6.83. The van der Waals surface area contributed by atoms with Gasteiger partial charge in [0, 0.05) is 6.54 Å². The molecule has 26 heavy (non-hydrogen) atoms. The van der Waals surface area contributed by atoms with E-state index in [0.717, 1.165) is 36.8 Å². The molecular formula is C20H24N2O4. The van der Waals surface area contributed by atoms with Gasteiger partial charge in [0.15, 0.2) is 0 Å². The molecule has 3 atom stereocenters. The molecule has 0 aromatic heterocycles. The van der Waals surface area contributed by atoms with Gasteiger partial charge in [0.1, 0.15) is 6.04 Å². The minimum absolute atomic E-state index is 0.0674. The van der Waals surface area contributed by atoms with Crippen molar-refractivity contribution >= 4 is 17.8 Å². The fourth-order valence-electron chi connectivity index (χ4n) is 4.65. The maximum absolute atomic E-state index is 12.8. The van der Waals surface area contributed by atoms with E-state index in [9.17, 15) is 14.4 Å². The van der Waals surface area contributed by atoms with Crippen molar-refractivity contribution in [2.75, 3.05) is 13.8 Å². The lowest BCUT2D eigenvalue weighted by molar-refractivity contribution is -0.153. The van der Waals surface area contributed by atoms with Crippen LogP contribution < -0.4 is 0 Å². The summed E-state index contributed by atoms with van der Waals surface area (Å²) in [5, 5.41) is 0. The van der Waals surface area contributed by atoms with Crippen LogP contribution in [0, 0.1) is 11.8 Å². The van der Waals surface area contributed by atoms with Gasteiger partial charge in [-0.2, -0.15) is 0 Å². The van der Waals surface area contributed by atoms with E-state index in [1.807, 2.05) is 29.2 Å². The largest absolute Gasteiger partial charge is 0.468 e. The normalized spacial score (nSPS) is 28.7. The van der Waals surface area contributed by atoms with Gasteiger partial charge in [-0.05, 0) is 30.4 Å². The van der Waals surface area contributed by atoms with Crippen molar-refractivity contribution < 1.29 is 19.1 Å². The molecule has 6 nitrogen and oxygen atoms in total. The zero-order valence-electron chi connectivity index (χ0n) is 15.0. The van der Waals surface area contributed by atoms with Gasteiger partial charge in [-0.3, -0.25) is 24.2 Å². The lowest BCUT2D eigenvalue weighted by Crippen LogP contribution is -2.52. The van der Waals surface area contributed by atoms with Crippen molar-refractivity contribution in [3.05, 3.63) is 35.4 Å². The molecule has 0 N–H and O–H groups in total. The summed E-state index contributed by atoms with van der Waals surface area (Å²) in [4.78, 5) is 41.2. The van der Waals surface area contributed by atoms with Crippen LogP contribution in [0.15, 0.2) is 24.3 Å². The van der Waals surface area contributed by atoms with Crippen LogP contribution in [0.3, 0.4) is 0 Å². The molecule has 3 aliphatic rings. The number of rotatable bonds is 3. The molecule has 2 amide bonds. The van der Waals surface area contributed by atoms with Crippen molar-refractivity contribution in [1.29, 1.82) is 0 Å². The average molecular weight is 356 g/mol. The number of ether oxygens (including phenoxy) is 1. The van der Waals surface area contributed by atoms with Gasteiger partial charge in [-0.1, -0.05) is 37.1 Å². The summed E-state index contributed by atoms with van der Waals surface area (Å²) in [7, 11) is 1.38. The molecule has 1 aromatic rings. The monoisotopic (exact) mass is 356 g/mol. The summed E-state index contributed by atoms with van der Waals surface area (Å²) < 4.78 is 4.98. The Balaban J connectivity index is 1.58. The zero-order valence-corrected chi connectivity index (χ0v) is 15.0. The summed E-state index contributed by atoms with van der Waals surface area (Å²) in [5.41, 5.74) is 2.25. The number of benzene rings is 1. The quantitative estimate of drug-likeness (QED) is 0.609. The Morgan fingerprint density at radius 3 is 2.31 bits per heavy atom. The van der Waals surface area contributed by atoms with Crippen molar-refractivity contribution in [3.8, 4) is 0 Å². The minimum atomic E-state index is -0.474. The van der Waals surface area contributed by atoms with Gasteiger partial charge in [-0.15, -0.1) is 0 Å². The number of likely N-dealkylation sites (tertiary alicyclic amines) is 1. The molecule has 1 saturated carbocycles. The van der Waals surface area contributed by atoms with Crippen LogP contribution in [0.25, 0.3) is 0 Å². The van der Waals surface area contributed by atoms with E-state index in [4.69, 9.17) is 4.74 Å². The predicted molar refractivity (Wildman–Crippen MR) is 93.7 cm³/mol. The number of amides is 2. The van der Waals surface area contributed by atoms with Crippen molar-refractivity contribution in [2.45, 2.75) is 44.7 Å². The SMILES string of the molecule is COC(=O)[C@H]1Cc2ccccc2CN1CN1C(=O)[C@H]2CCCC[C@H]2C1=O. The number of carbonyl (C=O) groups excluding carboxylic acids is 3. The second-order valence-corrected chi connectivity index (χ2v) is 7.50. The maximum Gasteiger partial charge on any atom is 0.323 e. The van der Waals surface area contributed by atoms with Crippen molar-refractivity contribution in [1.82, 2.24) is 9.80 Å². The first kappa shape index (κ1) is 17.2. The molecule has 138 valence electrons. The highest BCUT2D eigenvalue weighted by Crippen LogP contribution is 2.38. The fourth-order valence-corrected chi connectivity index (χ4v) is 4.65. The number of hydrogen-bond acceptors (Lipinski definition) is 5. The van der Waals surface area contributed by atoms with Gasteiger partial charge in [-0.25, -0.2) is 0 Å². The van der Waals surface area contributed by atoms with Crippen LogP contribution in [-0.4, -0.2) is 47.4 Å². The average Bonchev–Trinajstić information content (AvgIpc) is 2.92. The Hall–Kier alpha value is -2.21. The molecular weight excluding hydrogens is 332 g/mol. The number of nitrogens with zero attached hydrogens (tertiary/aromatic N) is 2. The van der Waals surface area contributed by atoms with Crippen LogP contribution in [-0.2, 0) is 32.1 Å². The molecule has 1 aliphatic carbocycles. The Morgan fingerprint density at radius 1 is 1.08 bits per heavy atom. The molecule has 2 aliphatic heterocycles. The number of hydrogen-bond donors (Lipinski definition) is 0. The third kappa shape index (κ3) is 2.82. The molecule has 2 heterocycles. The third-order valence-corrected chi connectivity index (χ3v) is 6.07. The Labute approximate surface area is 153 Å². The maximum atomic E-state index is 12.8. The molecule has 0 spiro atoms. The highest BCUT2D eigenvalue weighted by atomic mass is 16.5. The van der Waals surface area contributed by atoms with Gasteiger partial charge in [0.05, 0.1) is 25.6 Å². The number of methoxy groups -OCH3 is 1. The number of esters is 1. The topological polar surface area (TPSA) is 66.9 Å². The van der Waals surface area contributed by atoms with Crippen LogP contribution in [0.2, 0.25) is 0 Å².